The molecule has 0 aromatic carbocycles. The molecular weight excluding hydrogens is 435 g/mol. The topological polar surface area (TPSA) is 104 Å². The molecule has 0 radical (unpaired) electrons. The molecule has 0 unspecified atom stereocenters. The van der Waals surface area contributed by atoms with Crippen LogP contribution in [0.2, 0.25) is 5.15 Å². The van der Waals surface area contributed by atoms with Crippen LogP contribution in [-0.2, 0) is 4.74 Å². The highest BCUT2D eigenvalue weighted by molar-refractivity contribution is 14.1. The van der Waals surface area contributed by atoms with Crippen LogP contribution >= 0.6 is 34.2 Å². The summed E-state index contributed by atoms with van der Waals surface area (Å²) in [6.45, 7) is 0. The fraction of sp³-hybridized carbons (Fsp3) is 0.357. The molecule has 4 atom stereocenters. The number of alkyl halides is 1. The van der Waals surface area contributed by atoms with Crippen molar-refractivity contribution in [3.63, 3.8) is 0 Å². The quantitative estimate of drug-likeness (QED) is 0.310. The van der Waals surface area contributed by atoms with Crippen LogP contribution in [0.15, 0.2) is 12.5 Å². The molecule has 0 amide bonds. The first-order chi connectivity index (χ1) is 11.0. The van der Waals surface area contributed by atoms with E-state index >= 15 is 0 Å². The molecule has 2 N–H and O–H groups in total. The summed E-state index contributed by atoms with van der Waals surface area (Å²) in [6.07, 6.45) is 5.08. The Morgan fingerprint density at radius 1 is 1.57 bits per heavy atom. The summed E-state index contributed by atoms with van der Waals surface area (Å²) in [5, 5.41) is 30.7. The summed E-state index contributed by atoms with van der Waals surface area (Å²) in [5.41, 5.74) is -1.44. The Balaban J connectivity index is 2.24. The van der Waals surface area contributed by atoms with Gasteiger partial charge in [-0.25, -0.2) is 9.97 Å². The maximum absolute atomic E-state index is 10.7. The Morgan fingerprint density at radius 2 is 2.30 bits per heavy atom. The third-order valence-electron chi connectivity index (χ3n) is 3.80. The molecular formula is C14H10ClIN4O3. The minimum atomic E-state index is -1.95. The average molecular weight is 445 g/mol. The molecule has 1 fully saturated rings. The molecule has 118 valence electrons. The number of aliphatic hydroxyl groups excluding tert-OH is 1. The first kappa shape index (κ1) is 16.4. The lowest BCUT2D eigenvalue weighted by Gasteiger charge is -2.26. The van der Waals surface area contributed by atoms with E-state index in [0.29, 0.717) is 15.5 Å². The van der Waals surface area contributed by atoms with Gasteiger partial charge in [0.05, 0.1) is 17.1 Å². The molecule has 0 spiro atoms. The molecule has 2 aromatic rings. The van der Waals surface area contributed by atoms with Crippen molar-refractivity contribution in [1.29, 1.82) is 5.26 Å². The van der Waals surface area contributed by atoms with Gasteiger partial charge in [0.15, 0.2) is 11.8 Å². The van der Waals surface area contributed by atoms with Gasteiger partial charge in [-0.2, -0.15) is 5.26 Å². The van der Waals surface area contributed by atoms with Crippen LogP contribution in [0.4, 0.5) is 0 Å². The van der Waals surface area contributed by atoms with Gasteiger partial charge in [-0.3, -0.25) is 0 Å². The number of aliphatic hydroxyl groups is 2. The van der Waals surface area contributed by atoms with Crippen molar-refractivity contribution in [3.8, 4) is 18.4 Å². The van der Waals surface area contributed by atoms with E-state index in [9.17, 15) is 15.5 Å². The highest BCUT2D eigenvalue weighted by Gasteiger charge is 2.55. The molecule has 1 aliphatic heterocycles. The summed E-state index contributed by atoms with van der Waals surface area (Å²) >= 11 is 8.07. The summed E-state index contributed by atoms with van der Waals surface area (Å²) in [4.78, 5) is 7.96. The number of halogens is 2. The number of rotatable bonds is 2. The number of hydrogen-bond donors (Lipinski definition) is 2. The van der Waals surface area contributed by atoms with Crippen molar-refractivity contribution < 1.29 is 14.9 Å². The number of aromatic nitrogens is 3. The maximum Gasteiger partial charge on any atom is 0.199 e. The van der Waals surface area contributed by atoms with Gasteiger partial charge in [0.2, 0.25) is 0 Å². The molecule has 1 saturated heterocycles. The molecule has 3 rings (SSSR count). The molecule has 7 nitrogen and oxygen atoms in total. The van der Waals surface area contributed by atoms with Crippen molar-refractivity contribution in [2.45, 2.75) is 24.0 Å². The third-order valence-corrected chi connectivity index (χ3v) is 4.96. The van der Waals surface area contributed by atoms with E-state index in [0.717, 1.165) is 0 Å². The molecule has 0 aliphatic carbocycles. The van der Waals surface area contributed by atoms with E-state index < -0.39 is 24.0 Å². The number of hydrogen-bond acceptors (Lipinski definition) is 6. The Hall–Kier alpha value is -1.43. The summed E-state index contributed by atoms with van der Waals surface area (Å²) in [5.74, 6) is 2.21. The van der Waals surface area contributed by atoms with E-state index in [1.54, 1.807) is 0 Å². The molecule has 1 aliphatic rings. The van der Waals surface area contributed by atoms with Crippen molar-refractivity contribution in [2.75, 3.05) is 4.43 Å². The fourth-order valence-electron chi connectivity index (χ4n) is 2.64. The van der Waals surface area contributed by atoms with Gasteiger partial charge in [-0.05, 0) is 0 Å². The Labute approximate surface area is 150 Å². The summed E-state index contributed by atoms with van der Waals surface area (Å²) in [6, 6.07) is 2.00. The van der Waals surface area contributed by atoms with Crippen molar-refractivity contribution >= 4 is 45.2 Å². The van der Waals surface area contributed by atoms with Gasteiger partial charge >= 0.3 is 0 Å². The summed E-state index contributed by atoms with van der Waals surface area (Å²) in [7, 11) is 0. The lowest BCUT2D eigenvalue weighted by Crippen LogP contribution is -2.45. The molecule has 0 bridgehead atoms. The lowest BCUT2D eigenvalue weighted by atomic mass is 9.95. The summed E-state index contributed by atoms with van der Waals surface area (Å²) < 4.78 is 7.56. The van der Waals surface area contributed by atoms with Crippen LogP contribution in [0.1, 0.15) is 11.8 Å². The van der Waals surface area contributed by atoms with Crippen molar-refractivity contribution in [2.24, 2.45) is 0 Å². The number of fused-ring (bicyclic) bond motifs is 1. The van der Waals surface area contributed by atoms with Crippen molar-refractivity contribution in [3.05, 3.63) is 23.2 Å². The third kappa shape index (κ3) is 2.30. The molecule has 23 heavy (non-hydrogen) atoms. The zero-order valence-electron chi connectivity index (χ0n) is 11.5. The standard InChI is InChI=1S/C14H10ClIN4O3/c1-2-14(22)10(21)8(3-16)23-13(14)20-5-7(4-17)9-11(15)18-6-19-12(9)20/h1,5-6,8,10,13,21-22H,3H2/t8-,10-,13-,14-/m1/s1. The smallest absolute Gasteiger partial charge is 0.199 e. The second-order valence-electron chi connectivity index (χ2n) is 5.02. The normalized spacial score (nSPS) is 30.3. The number of nitrogens with zero attached hydrogens (tertiary/aromatic N) is 4. The highest BCUT2D eigenvalue weighted by Crippen LogP contribution is 2.41. The average Bonchev–Trinajstić information content (AvgIpc) is 3.05. The van der Waals surface area contributed by atoms with Gasteiger partial charge in [-0.15, -0.1) is 6.42 Å². The Kier molecular flexibility index (Phi) is 4.21. The van der Waals surface area contributed by atoms with Crippen LogP contribution in [0.25, 0.3) is 11.0 Å². The monoisotopic (exact) mass is 444 g/mol. The SMILES string of the molecule is C#C[C@@]1(O)[C@H](O)[C@@H](CI)O[C@H]1n1cc(C#N)c2c(Cl)ncnc21. The highest BCUT2D eigenvalue weighted by atomic mass is 127. The Morgan fingerprint density at radius 3 is 2.91 bits per heavy atom. The zero-order chi connectivity index (χ0) is 16.8. The predicted octanol–water partition coefficient (Wildman–Crippen LogP) is 1.01. The second kappa shape index (κ2) is 5.89. The molecule has 9 heteroatoms. The van der Waals surface area contributed by atoms with Crippen molar-refractivity contribution in [1.82, 2.24) is 14.5 Å². The van der Waals surface area contributed by atoms with Gasteiger partial charge < -0.3 is 19.5 Å². The van der Waals surface area contributed by atoms with Gasteiger partial charge in [0.1, 0.15) is 29.3 Å². The zero-order valence-corrected chi connectivity index (χ0v) is 14.4. The van der Waals surface area contributed by atoms with E-state index in [-0.39, 0.29) is 10.7 Å². The minimum Gasteiger partial charge on any atom is -0.386 e. The predicted molar refractivity (Wildman–Crippen MR) is 89.8 cm³/mol. The Bertz CT molecular complexity index is 858. The molecule has 3 heterocycles. The second-order valence-corrected chi connectivity index (χ2v) is 6.26. The van der Waals surface area contributed by atoms with Crippen LogP contribution in [0.3, 0.4) is 0 Å². The van der Waals surface area contributed by atoms with Crippen LogP contribution in [0.5, 0.6) is 0 Å². The number of nitriles is 1. The molecule has 2 aromatic heterocycles. The van der Waals surface area contributed by atoms with Gasteiger partial charge in [0, 0.05) is 10.6 Å². The van der Waals surface area contributed by atoms with Gasteiger partial charge in [-0.1, -0.05) is 40.1 Å². The fourth-order valence-corrected chi connectivity index (χ4v) is 3.56. The van der Waals surface area contributed by atoms with E-state index in [2.05, 4.69) is 15.9 Å². The van der Waals surface area contributed by atoms with Crippen LogP contribution in [-0.4, -0.2) is 47.0 Å². The van der Waals surface area contributed by atoms with E-state index in [1.807, 2.05) is 28.7 Å². The van der Waals surface area contributed by atoms with Crippen LogP contribution in [0, 0.1) is 23.7 Å². The van der Waals surface area contributed by atoms with E-state index in [4.69, 9.17) is 22.8 Å². The first-order valence-corrected chi connectivity index (χ1v) is 8.39. The number of ether oxygens (including phenoxy) is 1. The minimum absolute atomic E-state index is 0.110. The van der Waals surface area contributed by atoms with Gasteiger partial charge in [0.25, 0.3) is 0 Å². The maximum atomic E-state index is 10.7. The first-order valence-electron chi connectivity index (χ1n) is 6.48. The van der Waals surface area contributed by atoms with Crippen LogP contribution < -0.4 is 0 Å². The number of terminal acetylenes is 1. The van der Waals surface area contributed by atoms with E-state index in [1.165, 1.54) is 17.1 Å². The largest absolute Gasteiger partial charge is 0.386 e. The molecule has 0 saturated carbocycles. The lowest BCUT2D eigenvalue weighted by molar-refractivity contribution is -0.0666.